The Labute approximate surface area is 103 Å². The Morgan fingerprint density at radius 1 is 1.62 bits per heavy atom. The number of thioether (sulfide) groups is 1. The van der Waals surface area contributed by atoms with Crippen molar-refractivity contribution in [2.24, 2.45) is 0 Å². The first-order valence-corrected chi connectivity index (χ1v) is 7.19. The molecule has 1 aliphatic carbocycles. The fraction of sp³-hybridized carbons (Fsp3) is 0.700. The first-order chi connectivity index (χ1) is 7.69. The predicted molar refractivity (Wildman–Crippen MR) is 66.0 cm³/mol. The van der Waals surface area contributed by atoms with Gasteiger partial charge in [-0.2, -0.15) is 0 Å². The molecular formula is C10H15N3OS2. The molecule has 6 heteroatoms. The van der Waals surface area contributed by atoms with Gasteiger partial charge in [0.1, 0.15) is 0 Å². The SMILES string of the molecule is CCC(C)Sc1nnc(C(=O)NC2CC2)s1. The van der Waals surface area contributed by atoms with E-state index in [-0.39, 0.29) is 5.91 Å². The number of carbonyl (C=O) groups is 1. The smallest absolute Gasteiger partial charge is 0.282 e. The zero-order chi connectivity index (χ0) is 11.5. The zero-order valence-electron chi connectivity index (χ0n) is 9.40. The molecule has 1 aliphatic rings. The highest BCUT2D eigenvalue weighted by Crippen LogP contribution is 2.28. The predicted octanol–water partition coefficient (Wildman–Crippen LogP) is 2.32. The third kappa shape index (κ3) is 3.18. The first kappa shape index (κ1) is 11.9. The summed E-state index contributed by atoms with van der Waals surface area (Å²) in [4.78, 5) is 11.7. The normalized spacial score (nSPS) is 17.1. The molecule has 1 N–H and O–H groups in total. The molecule has 0 spiro atoms. The number of nitrogens with one attached hydrogen (secondary N) is 1. The Morgan fingerprint density at radius 3 is 3.00 bits per heavy atom. The van der Waals surface area contributed by atoms with Crippen molar-refractivity contribution in [3.05, 3.63) is 5.01 Å². The molecule has 0 aliphatic heterocycles. The van der Waals surface area contributed by atoms with Crippen LogP contribution in [0.1, 0.15) is 42.9 Å². The van der Waals surface area contributed by atoms with Crippen molar-refractivity contribution in [3.8, 4) is 0 Å². The van der Waals surface area contributed by atoms with E-state index in [1.54, 1.807) is 11.8 Å². The van der Waals surface area contributed by atoms with Gasteiger partial charge >= 0.3 is 0 Å². The lowest BCUT2D eigenvalue weighted by Crippen LogP contribution is -2.25. The van der Waals surface area contributed by atoms with Crippen molar-refractivity contribution in [1.82, 2.24) is 15.5 Å². The first-order valence-electron chi connectivity index (χ1n) is 5.50. The van der Waals surface area contributed by atoms with Crippen molar-refractivity contribution in [2.45, 2.75) is 48.7 Å². The van der Waals surface area contributed by atoms with Crippen LogP contribution in [-0.4, -0.2) is 27.4 Å². The monoisotopic (exact) mass is 257 g/mol. The van der Waals surface area contributed by atoms with Gasteiger partial charge in [-0.05, 0) is 19.3 Å². The minimum absolute atomic E-state index is 0.0731. The van der Waals surface area contributed by atoms with Gasteiger partial charge in [0, 0.05) is 11.3 Å². The summed E-state index contributed by atoms with van der Waals surface area (Å²) in [6.45, 7) is 4.29. The quantitative estimate of drug-likeness (QED) is 0.823. The Balaban J connectivity index is 1.92. The van der Waals surface area contributed by atoms with Gasteiger partial charge in [0.15, 0.2) is 4.34 Å². The van der Waals surface area contributed by atoms with Crippen LogP contribution in [0.5, 0.6) is 0 Å². The minimum atomic E-state index is -0.0731. The van der Waals surface area contributed by atoms with Gasteiger partial charge in [0.2, 0.25) is 5.01 Å². The second-order valence-electron chi connectivity index (χ2n) is 3.96. The molecular weight excluding hydrogens is 242 g/mol. The van der Waals surface area contributed by atoms with Crippen LogP contribution in [0.25, 0.3) is 0 Å². The van der Waals surface area contributed by atoms with Gasteiger partial charge < -0.3 is 5.32 Å². The van der Waals surface area contributed by atoms with E-state index in [0.717, 1.165) is 23.6 Å². The van der Waals surface area contributed by atoms with Gasteiger partial charge in [-0.1, -0.05) is 36.9 Å². The summed E-state index contributed by atoms with van der Waals surface area (Å²) in [5.74, 6) is -0.0731. The van der Waals surface area contributed by atoms with Crippen molar-refractivity contribution in [1.29, 1.82) is 0 Å². The fourth-order valence-corrected chi connectivity index (χ4v) is 3.08. The highest BCUT2D eigenvalue weighted by atomic mass is 32.2. The summed E-state index contributed by atoms with van der Waals surface area (Å²) in [5.41, 5.74) is 0. The molecule has 16 heavy (non-hydrogen) atoms. The standard InChI is InChI=1S/C10H15N3OS2/c1-3-6(2)15-10-13-12-9(16-10)8(14)11-7-4-5-7/h6-7H,3-5H2,1-2H3,(H,11,14). The van der Waals surface area contributed by atoms with Crippen molar-refractivity contribution in [3.63, 3.8) is 0 Å². The molecule has 4 nitrogen and oxygen atoms in total. The van der Waals surface area contributed by atoms with Crippen LogP contribution < -0.4 is 5.32 Å². The highest BCUT2D eigenvalue weighted by Gasteiger charge is 2.25. The number of hydrogen-bond donors (Lipinski definition) is 1. The molecule has 1 unspecified atom stereocenters. The molecule has 1 atom stereocenters. The Kier molecular flexibility index (Phi) is 3.81. The van der Waals surface area contributed by atoms with Crippen LogP contribution in [0.2, 0.25) is 0 Å². The summed E-state index contributed by atoms with van der Waals surface area (Å²) in [5, 5.41) is 11.9. The molecule has 1 aromatic heterocycles. The number of rotatable bonds is 5. The van der Waals surface area contributed by atoms with Crippen LogP contribution in [-0.2, 0) is 0 Å². The van der Waals surface area contributed by atoms with Crippen LogP contribution in [0.3, 0.4) is 0 Å². The molecule has 1 heterocycles. The summed E-state index contributed by atoms with van der Waals surface area (Å²) >= 11 is 3.06. The molecule has 0 bridgehead atoms. The zero-order valence-corrected chi connectivity index (χ0v) is 11.0. The molecule has 0 saturated heterocycles. The van der Waals surface area contributed by atoms with E-state index in [9.17, 15) is 4.79 Å². The highest BCUT2D eigenvalue weighted by molar-refractivity contribution is 8.01. The van der Waals surface area contributed by atoms with Crippen molar-refractivity contribution >= 4 is 29.0 Å². The van der Waals surface area contributed by atoms with Gasteiger partial charge in [-0.25, -0.2) is 0 Å². The topological polar surface area (TPSA) is 54.9 Å². The second kappa shape index (κ2) is 5.14. The third-order valence-electron chi connectivity index (χ3n) is 2.39. The van der Waals surface area contributed by atoms with E-state index in [1.807, 2.05) is 0 Å². The van der Waals surface area contributed by atoms with E-state index in [1.165, 1.54) is 11.3 Å². The van der Waals surface area contributed by atoms with Gasteiger partial charge in [0.25, 0.3) is 5.91 Å². The molecule has 0 aromatic carbocycles. The van der Waals surface area contributed by atoms with Gasteiger partial charge in [-0.15, -0.1) is 10.2 Å². The number of hydrogen-bond acceptors (Lipinski definition) is 5. The van der Waals surface area contributed by atoms with Crippen molar-refractivity contribution in [2.75, 3.05) is 0 Å². The molecule has 2 rings (SSSR count). The summed E-state index contributed by atoms with van der Waals surface area (Å²) in [7, 11) is 0. The van der Waals surface area contributed by atoms with E-state index < -0.39 is 0 Å². The van der Waals surface area contributed by atoms with Crippen molar-refractivity contribution < 1.29 is 4.79 Å². The lowest BCUT2D eigenvalue weighted by molar-refractivity contribution is 0.0950. The molecule has 0 radical (unpaired) electrons. The number of nitrogens with zero attached hydrogens (tertiary/aromatic N) is 2. The van der Waals surface area contributed by atoms with E-state index in [2.05, 4.69) is 29.4 Å². The van der Waals surface area contributed by atoms with E-state index in [4.69, 9.17) is 0 Å². The second-order valence-corrected chi connectivity index (χ2v) is 6.62. The Hall–Kier alpha value is -0.620. The van der Waals surface area contributed by atoms with Gasteiger partial charge in [0.05, 0.1) is 0 Å². The fourth-order valence-electron chi connectivity index (χ4n) is 1.08. The maximum Gasteiger partial charge on any atom is 0.282 e. The van der Waals surface area contributed by atoms with Crippen LogP contribution in [0.4, 0.5) is 0 Å². The van der Waals surface area contributed by atoms with Crippen LogP contribution in [0, 0.1) is 0 Å². The average Bonchev–Trinajstić information content (AvgIpc) is 2.95. The Bertz CT molecular complexity index is 376. The Morgan fingerprint density at radius 2 is 2.38 bits per heavy atom. The summed E-state index contributed by atoms with van der Waals surface area (Å²) in [6.07, 6.45) is 3.28. The van der Waals surface area contributed by atoms with Crippen LogP contribution in [0.15, 0.2) is 4.34 Å². The number of amides is 1. The summed E-state index contributed by atoms with van der Waals surface area (Å²) in [6, 6.07) is 0.377. The molecule has 1 saturated carbocycles. The third-order valence-corrected chi connectivity index (χ3v) is 4.66. The van der Waals surface area contributed by atoms with Gasteiger partial charge in [-0.3, -0.25) is 4.79 Å². The lowest BCUT2D eigenvalue weighted by atomic mass is 10.4. The van der Waals surface area contributed by atoms with E-state index >= 15 is 0 Å². The molecule has 1 aromatic rings. The number of carbonyl (C=O) groups excluding carboxylic acids is 1. The van der Waals surface area contributed by atoms with E-state index in [0.29, 0.717) is 16.3 Å². The maximum absolute atomic E-state index is 11.7. The maximum atomic E-state index is 11.7. The summed E-state index contributed by atoms with van der Waals surface area (Å²) < 4.78 is 0.885. The minimum Gasteiger partial charge on any atom is -0.347 e. The molecule has 1 amide bonds. The largest absolute Gasteiger partial charge is 0.347 e. The lowest BCUT2D eigenvalue weighted by Gasteiger charge is -2.02. The molecule has 1 fully saturated rings. The molecule has 88 valence electrons. The average molecular weight is 257 g/mol. The number of aromatic nitrogens is 2. The van der Waals surface area contributed by atoms with Crippen LogP contribution >= 0.6 is 23.1 Å².